The van der Waals surface area contributed by atoms with Crippen LogP contribution in [-0.4, -0.2) is 49.5 Å². The van der Waals surface area contributed by atoms with Gasteiger partial charge in [0.2, 0.25) is 15.9 Å². The quantitative estimate of drug-likeness (QED) is 0.546. The van der Waals surface area contributed by atoms with Crippen molar-refractivity contribution in [1.82, 2.24) is 10.0 Å². The molecule has 0 aromatic heterocycles. The topological polar surface area (TPSA) is 122 Å². The summed E-state index contributed by atoms with van der Waals surface area (Å²) in [6.45, 7) is 3.52. The van der Waals surface area contributed by atoms with Crippen molar-refractivity contribution in [3.63, 3.8) is 0 Å². The molecule has 0 aliphatic heterocycles. The zero-order valence-corrected chi connectivity index (χ0v) is 19.5. The number of methoxy groups -OCH3 is 1. The summed E-state index contributed by atoms with van der Waals surface area (Å²) in [6.07, 6.45) is -0.0251. The van der Waals surface area contributed by atoms with Crippen LogP contribution in [0.2, 0.25) is 0 Å². The summed E-state index contributed by atoms with van der Waals surface area (Å²) in [5.41, 5.74) is 0.0618. The second-order valence-corrected chi connectivity index (χ2v) is 10.7. The van der Waals surface area contributed by atoms with E-state index < -0.39 is 20.0 Å². The lowest BCUT2D eigenvalue weighted by molar-refractivity contribution is -0.121. The fourth-order valence-electron chi connectivity index (χ4n) is 2.74. The third-order valence-corrected chi connectivity index (χ3v) is 7.54. The highest BCUT2D eigenvalue weighted by Gasteiger charge is 2.26. The van der Waals surface area contributed by atoms with Crippen LogP contribution in [-0.2, 0) is 24.8 Å². The number of carbonyl (C=O) groups excluding carboxylic acids is 1. The molecular formula is C20H27N3O6S2. The highest BCUT2D eigenvalue weighted by atomic mass is 32.2. The lowest BCUT2D eigenvalue weighted by Crippen LogP contribution is -2.34. The number of sulfonamides is 2. The van der Waals surface area contributed by atoms with Gasteiger partial charge in [-0.2, -0.15) is 0 Å². The lowest BCUT2D eigenvalue weighted by atomic mass is 10.3. The summed E-state index contributed by atoms with van der Waals surface area (Å²) >= 11 is 0. The molecule has 0 fully saturated rings. The summed E-state index contributed by atoms with van der Waals surface area (Å²) in [6, 6.07) is 11.6. The minimum Gasteiger partial charge on any atom is -0.495 e. The molecule has 9 nitrogen and oxygen atoms in total. The fourth-order valence-corrected chi connectivity index (χ4v) is 5.01. The minimum absolute atomic E-state index is 0.0251. The van der Waals surface area contributed by atoms with E-state index in [4.69, 9.17) is 4.74 Å². The molecule has 11 heteroatoms. The van der Waals surface area contributed by atoms with Gasteiger partial charge in [-0.05, 0) is 44.2 Å². The van der Waals surface area contributed by atoms with Gasteiger partial charge in [-0.3, -0.25) is 9.10 Å². The van der Waals surface area contributed by atoms with Crippen LogP contribution in [0.3, 0.4) is 0 Å². The van der Waals surface area contributed by atoms with Crippen LogP contribution in [0.4, 0.5) is 5.69 Å². The average molecular weight is 470 g/mol. The van der Waals surface area contributed by atoms with Gasteiger partial charge in [0.25, 0.3) is 10.0 Å². The first-order valence-corrected chi connectivity index (χ1v) is 12.4. The molecule has 0 heterocycles. The Morgan fingerprint density at radius 1 is 1.03 bits per heavy atom. The van der Waals surface area contributed by atoms with E-state index in [0.29, 0.717) is 0 Å². The molecule has 0 radical (unpaired) electrons. The Balaban J connectivity index is 2.30. The van der Waals surface area contributed by atoms with Crippen LogP contribution in [0.5, 0.6) is 5.75 Å². The maximum atomic E-state index is 13.0. The second kappa shape index (κ2) is 10.1. The van der Waals surface area contributed by atoms with Crippen LogP contribution in [0, 0.1) is 0 Å². The Hall–Kier alpha value is -2.63. The molecule has 0 aliphatic rings. The number of benzene rings is 2. The number of hydrogen-bond donors (Lipinski definition) is 2. The predicted octanol–water partition coefficient (Wildman–Crippen LogP) is 1.71. The molecule has 0 saturated heterocycles. The molecular weight excluding hydrogens is 442 g/mol. The number of carbonyl (C=O) groups is 1. The summed E-state index contributed by atoms with van der Waals surface area (Å²) in [5.74, 6) is -0.0842. The molecule has 0 aliphatic carbocycles. The summed E-state index contributed by atoms with van der Waals surface area (Å²) in [5, 5.41) is 2.68. The number of hydrogen-bond acceptors (Lipinski definition) is 6. The number of nitrogens with one attached hydrogen (secondary N) is 2. The first-order chi connectivity index (χ1) is 14.5. The number of anilines is 1. The van der Waals surface area contributed by atoms with Gasteiger partial charge in [0.05, 0.1) is 22.6 Å². The minimum atomic E-state index is -3.98. The van der Waals surface area contributed by atoms with Gasteiger partial charge in [-0.15, -0.1) is 0 Å². The predicted molar refractivity (Wildman–Crippen MR) is 118 cm³/mol. The summed E-state index contributed by atoms with van der Waals surface area (Å²) in [4.78, 5) is 11.6. The molecule has 0 saturated carbocycles. The van der Waals surface area contributed by atoms with Crippen molar-refractivity contribution in [3.05, 3.63) is 48.5 Å². The van der Waals surface area contributed by atoms with Crippen LogP contribution in [0.25, 0.3) is 0 Å². The maximum Gasteiger partial charge on any atom is 0.264 e. The Morgan fingerprint density at radius 3 is 2.26 bits per heavy atom. The van der Waals surface area contributed by atoms with Crippen LogP contribution < -0.4 is 19.1 Å². The van der Waals surface area contributed by atoms with Crippen molar-refractivity contribution in [2.24, 2.45) is 0 Å². The number of ether oxygens (including phenoxy) is 1. The lowest BCUT2D eigenvalue weighted by Gasteiger charge is -2.22. The molecule has 0 bridgehead atoms. The number of nitrogens with zero attached hydrogens (tertiary/aromatic N) is 1. The molecule has 31 heavy (non-hydrogen) atoms. The molecule has 170 valence electrons. The smallest absolute Gasteiger partial charge is 0.264 e. The van der Waals surface area contributed by atoms with Gasteiger partial charge in [0.1, 0.15) is 5.75 Å². The Labute approximate surface area is 183 Å². The van der Waals surface area contributed by atoms with Crippen molar-refractivity contribution in [1.29, 1.82) is 0 Å². The van der Waals surface area contributed by atoms with Crippen molar-refractivity contribution in [3.8, 4) is 5.75 Å². The molecule has 1 amide bonds. The molecule has 0 unspecified atom stereocenters. The van der Waals surface area contributed by atoms with E-state index in [-0.39, 0.29) is 46.1 Å². The monoisotopic (exact) mass is 469 g/mol. The Kier molecular flexibility index (Phi) is 8.04. The van der Waals surface area contributed by atoms with Gasteiger partial charge < -0.3 is 10.1 Å². The van der Waals surface area contributed by atoms with E-state index in [0.717, 1.165) is 4.31 Å². The second-order valence-electron chi connectivity index (χ2n) is 6.99. The highest BCUT2D eigenvalue weighted by Crippen LogP contribution is 2.33. The molecule has 0 spiro atoms. The van der Waals surface area contributed by atoms with Crippen LogP contribution >= 0.6 is 0 Å². The normalized spacial score (nSPS) is 11.9. The molecule has 2 N–H and O–H groups in total. The van der Waals surface area contributed by atoms with E-state index in [2.05, 4.69) is 10.0 Å². The van der Waals surface area contributed by atoms with E-state index in [1.54, 1.807) is 32.0 Å². The molecule has 2 aromatic rings. The average Bonchev–Trinajstić information content (AvgIpc) is 2.72. The van der Waals surface area contributed by atoms with Gasteiger partial charge in [-0.25, -0.2) is 21.6 Å². The molecule has 2 aromatic carbocycles. The van der Waals surface area contributed by atoms with Crippen LogP contribution in [0.15, 0.2) is 58.3 Å². The molecule has 0 atom stereocenters. The SMILES string of the molecule is COc1ccc(S(=O)(=O)NCCC(=O)NC(C)C)cc1N(C)S(=O)(=O)c1ccccc1. The highest BCUT2D eigenvalue weighted by molar-refractivity contribution is 7.92. The third kappa shape index (κ3) is 6.18. The van der Waals surface area contributed by atoms with Crippen molar-refractivity contribution < 1.29 is 26.4 Å². The van der Waals surface area contributed by atoms with Gasteiger partial charge in [0.15, 0.2) is 0 Å². The molecule has 2 rings (SSSR count). The summed E-state index contributed by atoms with van der Waals surface area (Å²) < 4.78 is 59.8. The van der Waals surface area contributed by atoms with E-state index in [1.807, 2.05) is 0 Å². The van der Waals surface area contributed by atoms with Crippen LogP contribution in [0.1, 0.15) is 20.3 Å². The maximum absolute atomic E-state index is 13.0. The standard InChI is InChI=1S/C20H27N3O6S2/c1-15(2)22-20(24)12-13-21-30(25,26)17-10-11-19(29-4)18(14-17)23(3)31(27,28)16-8-6-5-7-9-16/h5-11,14-15,21H,12-13H2,1-4H3,(H,22,24). The zero-order chi connectivity index (χ0) is 23.2. The van der Waals surface area contributed by atoms with Gasteiger partial charge in [0, 0.05) is 26.1 Å². The van der Waals surface area contributed by atoms with Crippen molar-refractivity contribution in [2.45, 2.75) is 36.1 Å². The first-order valence-electron chi connectivity index (χ1n) is 9.50. The summed E-state index contributed by atoms with van der Waals surface area (Å²) in [7, 11) is -5.24. The van der Waals surface area contributed by atoms with Gasteiger partial charge in [-0.1, -0.05) is 18.2 Å². The fraction of sp³-hybridized carbons (Fsp3) is 0.350. The van der Waals surface area contributed by atoms with E-state index >= 15 is 0 Å². The Morgan fingerprint density at radius 2 is 1.68 bits per heavy atom. The van der Waals surface area contributed by atoms with Crippen molar-refractivity contribution in [2.75, 3.05) is 25.0 Å². The number of rotatable bonds is 10. The number of amides is 1. The largest absolute Gasteiger partial charge is 0.495 e. The van der Waals surface area contributed by atoms with Gasteiger partial charge >= 0.3 is 0 Å². The zero-order valence-electron chi connectivity index (χ0n) is 17.8. The van der Waals surface area contributed by atoms with Crippen molar-refractivity contribution >= 4 is 31.6 Å². The first kappa shape index (κ1) is 24.6. The third-order valence-electron chi connectivity index (χ3n) is 4.30. The van der Waals surface area contributed by atoms with E-state index in [1.165, 1.54) is 44.5 Å². The van der Waals surface area contributed by atoms with E-state index in [9.17, 15) is 21.6 Å². The Bertz CT molecular complexity index is 1120.